The first-order valence-corrected chi connectivity index (χ1v) is 0. The summed E-state index contributed by atoms with van der Waals surface area (Å²) in [6.45, 7) is 0. The third kappa shape index (κ3) is 8.89. The molecule has 0 fully saturated rings. The second-order valence-electron chi connectivity index (χ2n) is 0. The van der Waals surface area contributed by atoms with Gasteiger partial charge in [0.25, 0.3) is 0 Å². The maximum atomic E-state index is 0. The Morgan fingerprint density at radius 3 is 1.00 bits per heavy atom. The average Bonchev–Trinajstić information content (AvgIpc) is 0. The van der Waals surface area contributed by atoms with Gasteiger partial charge in [0.1, 0.15) is 0 Å². The molecule has 2 nitrogen and oxygen atoms in total. The first-order valence-electron chi connectivity index (χ1n) is 0. The van der Waals surface area contributed by atoms with Crippen molar-refractivity contribution in [1.82, 2.24) is 0 Å². The summed E-state index contributed by atoms with van der Waals surface area (Å²) in [4.78, 5) is 0. The van der Waals surface area contributed by atoms with E-state index in [-0.39, 0.29) is 81.8 Å². The molecular formula is H3KO2Zn. The molecule has 0 saturated heterocycles. The van der Waals surface area contributed by atoms with Gasteiger partial charge in [-0.05, 0) is 0 Å². The van der Waals surface area contributed by atoms with E-state index in [0.717, 1.165) is 0 Å². The molecule has 0 aliphatic carbocycles. The van der Waals surface area contributed by atoms with Gasteiger partial charge in [0.15, 0.2) is 0 Å². The Morgan fingerprint density at radius 1 is 1.00 bits per heavy atom. The zero-order valence-corrected chi connectivity index (χ0v) is 8.74. The number of hydrogen-bond donors (Lipinski definition) is 0. The predicted molar refractivity (Wildman–Crippen MR) is 5.55 cm³/mol. The third-order valence-electron chi connectivity index (χ3n) is 0. The molecule has 0 heterocycles. The summed E-state index contributed by atoms with van der Waals surface area (Å²) in [6, 6.07) is 0. The topological polar surface area (TPSA) is 61.5 Å². The Balaban J connectivity index is 0. The van der Waals surface area contributed by atoms with Crippen LogP contribution in [0.5, 0.6) is 0 Å². The second-order valence-corrected chi connectivity index (χ2v) is 0. The van der Waals surface area contributed by atoms with E-state index in [4.69, 9.17) is 0 Å². The molecule has 0 aliphatic heterocycles. The molecule has 0 aromatic heterocycles. The van der Waals surface area contributed by atoms with Gasteiger partial charge in [-0.3, -0.25) is 0 Å². The van der Waals surface area contributed by atoms with Crippen molar-refractivity contribution in [1.29, 1.82) is 0 Å². The molecule has 0 spiro atoms. The van der Waals surface area contributed by atoms with E-state index in [0.29, 0.717) is 0 Å². The van der Waals surface area contributed by atoms with Crippen LogP contribution in [0, 0.1) is 0 Å². The van der Waals surface area contributed by atoms with Crippen LogP contribution in [-0.2, 0) is 19.5 Å². The first-order chi connectivity index (χ1) is 0. The van der Waals surface area contributed by atoms with Gasteiger partial charge in [0.2, 0.25) is 0 Å². The van der Waals surface area contributed by atoms with Crippen molar-refractivity contribution in [2.75, 3.05) is 0 Å². The zero-order chi connectivity index (χ0) is 0. The van der Waals surface area contributed by atoms with E-state index in [1.165, 1.54) is 0 Å². The van der Waals surface area contributed by atoms with Crippen molar-refractivity contribution >= 4 is 0 Å². The molecule has 3 N–H and O–H groups in total. The van der Waals surface area contributed by atoms with Crippen molar-refractivity contribution in [3.63, 3.8) is 0 Å². The van der Waals surface area contributed by atoms with E-state index >= 15 is 0 Å². The Hall–Kier alpha value is 2.18. The maximum Gasteiger partial charge on any atom is 1.00 e. The zero-order valence-electron chi connectivity index (χ0n) is 2.65. The molecule has 4 heavy (non-hydrogen) atoms. The standard InChI is InChI=1S/K.2H2O.Zn/h;2*1H2;/q+1;;;/p-1. The van der Waals surface area contributed by atoms with Gasteiger partial charge in [-0.2, -0.15) is 0 Å². The van der Waals surface area contributed by atoms with Crippen molar-refractivity contribution in [3.8, 4) is 0 Å². The summed E-state index contributed by atoms with van der Waals surface area (Å²) in [5.74, 6) is 0. The molecule has 0 amide bonds. The minimum absolute atomic E-state index is 0. The van der Waals surface area contributed by atoms with Crippen LogP contribution in [0.25, 0.3) is 0 Å². The molecule has 0 radical (unpaired) electrons. The fraction of sp³-hybridized carbons (Fsp3) is 0. The van der Waals surface area contributed by atoms with Crippen LogP contribution in [0.4, 0.5) is 0 Å². The van der Waals surface area contributed by atoms with E-state index in [1.807, 2.05) is 0 Å². The number of rotatable bonds is 0. The van der Waals surface area contributed by atoms with Gasteiger partial charge < -0.3 is 11.0 Å². The molecular weight excluding hydrogens is 136 g/mol. The van der Waals surface area contributed by atoms with Crippen LogP contribution < -0.4 is 51.4 Å². The van der Waals surface area contributed by atoms with Gasteiger partial charge >= 0.3 is 51.4 Å². The summed E-state index contributed by atoms with van der Waals surface area (Å²) in [5.41, 5.74) is 0. The van der Waals surface area contributed by atoms with Crippen LogP contribution in [0.1, 0.15) is 0 Å². The molecule has 0 aromatic rings. The average molecular weight is 140 g/mol. The Morgan fingerprint density at radius 2 is 1.00 bits per heavy atom. The minimum atomic E-state index is 0. The smallest absolute Gasteiger partial charge is 0.870 e. The Labute approximate surface area is 80.1 Å². The van der Waals surface area contributed by atoms with Gasteiger partial charge in [-0.1, -0.05) is 0 Å². The van der Waals surface area contributed by atoms with Crippen molar-refractivity contribution < 1.29 is 81.8 Å². The van der Waals surface area contributed by atoms with Crippen LogP contribution in [-0.4, -0.2) is 11.0 Å². The molecule has 4 heteroatoms. The maximum absolute atomic E-state index is 0. The van der Waals surface area contributed by atoms with E-state index < -0.39 is 0 Å². The predicted octanol–water partition coefficient (Wildman–Crippen LogP) is -4.00. The quantitative estimate of drug-likeness (QED) is 0.316. The first kappa shape index (κ1) is 34.9. The van der Waals surface area contributed by atoms with Gasteiger partial charge in [-0.25, -0.2) is 0 Å². The largest absolute Gasteiger partial charge is 1.00 e. The normalized spacial score (nSPS) is 0. The summed E-state index contributed by atoms with van der Waals surface area (Å²) in [6.07, 6.45) is 0. The van der Waals surface area contributed by atoms with E-state index in [2.05, 4.69) is 0 Å². The molecule has 0 bridgehead atoms. The van der Waals surface area contributed by atoms with Crippen LogP contribution in [0.3, 0.4) is 0 Å². The second kappa shape index (κ2) is 19.0. The number of hydrogen-bond acceptors (Lipinski definition) is 1. The van der Waals surface area contributed by atoms with Crippen molar-refractivity contribution in [3.05, 3.63) is 0 Å². The molecule has 0 saturated carbocycles. The molecule has 0 atom stereocenters. The monoisotopic (exact) mass is 138 g/mol. The van der Waals surface area contributed by atoms with E-state index in [9.17, 15) is 0 Å². The molecule has 0 aliphatic rings. The third-order valence-corrected chi connectivity index (χ3v) is 0. The summed E-state index contributed by atoms with van der Waals surface area (Å²) in [7, 11) is 0. The van der Waals surface area contributed by atoms with Gasteiger partial charge in [-0.15, -0.1) is 0 Å². The van der Waals surface area contributed by atoms with Gasteiger partial charge in [0, 0.05) is 19.5 Å². The fourth-order valence-electron chi connectivity index (χ4n) is 0. The summed E-state index contributed by atoms with van der Waals surface area (Å²) in [5, 5.41) is 0. The fourth-order valence-corrected chi connectivity index (χ4v) is 0. The minimum Gasteiger partial charge on any atom is -0.870 e. The van der Waals surface area contributed by atoms with E-state index in [1.54, 1.807) is 0 Å². The Kier molecular flexibility index (Phi) is 166. The van der Waals surface area contributed by atoms with Gasteiger partial charge in [0.05, 0.1) is 0 Å². The van der Waals surface area contributed by atoms with Crippen LogP contribution >= 0.6 is 0 Å². The van der Waals surface area contributed by atoms with Crippen molar-refractivity contribution in [2.24, 2.45) is 0 Å². The summed E-state index contributed by atoms with van der Waals surface area (Å²) >= 11 is 0. The molecule has 18 valence electrons. The SMILES string of the molecule is O.[K+].[OH-].[Zn]. The van der Waals surface area contributed by atoms with Crippen LogP contribution in [0.15, 0.2) is 0 Å². The molecule has 0 aromatic carbocycles. The summed E-state index contributed by atoms with van der Waals surface area (Å²) < 4.78 is 0. The Bertz CT molecular complexity index is 6.00. The van der Waals surface area contributed by atoms with Crippen molar-refractivity contribution in [2.45, 2.75) is 0 Å². The molecule has 0 rings (SSSR count). The molecule has 0 unspecified atom stereocenters. The van der Waals surface area contributed by atoms with Crippen LogP contribution in [0.2, 0.25) is 0 Å².